The lowest BCUT2D eigenvalue weighted by atomic mass is 10.00. The molecule has 4 nitrogen and oxygen atoms in total. The highest BCUT2D eigenvalue weighted by Gasteiger charge is 2.25. The molecule has 2 saturated heterocycles. The number of carboxylic acid groups (broad SMARTS) is 1. The summed E-state index contributed by atoms with van der Waals surface area (Å²) in [6.07, 6.45) is 6.36. The van der Waals surface area contributed by atoms with Gasteiger partial charge in [-0.3, -0.25) is 9.69 Å². The minimum absolute atomic E-state index is 0.215. The van der Waals surface area contributed by atoms with E-state index in [-0.39, 0.29) is 6.54 Å². The number of piperidine rings is 2. The first-order valence-electron chi connectivity index (χ1n) is 6.44. The third kappa shape index (κ3) is 3.19. The van der Waals surface area contributed by atoms with Crippen LogP contribution in [0.3, 0.4) is 0 Å². The maximum absolute atomic E-state index is 10.6. The number of carbonyl (C=O) groups is 1. The maximum Gasteiger partial charge on any atom is 0.317 e. The van der Waals surface area contributed by atoms with Crippen LogP contribution in [0.2, 0.25) is 0 Å². The van der Waals surface area contributed by atoms with Crippen molar-refractivity contribution in [3.63, 3.8) is 0 Å². The van der Waals surface area contributed by atoms with Crippen molar-refractivity contribution < 1.29 is 9.90 Å². The van der Waals surface area contributed by atoms with Gasteiger partial charge in [-0.15, -0.1) is 0 Å². The number of nitrogens with zero attached hydrogens (tertiary/aromatic N) is 2. The van der Waals surface area contributed by atoms with Crippen LogP contribution in [-0.4, -0.2) is 59.6 Å². The summed E-state index contributed by atoms with van der Waals surface area (Å²) in [6.45, 7) is 4.63. The summed E-state index contributed by atoms with van der Waals surface area (Å²) in [7, 11) is 0. The Morgan fingerprint density at radius 3 is 2.25 bits per heavy atom. The smallest absolute Gasteiger partial charge is 0.317 e. The Labute approximate surface area is 97.2 Å². The second-order valence-corrected chi connectivity index (χ2v) is 5.00. The Hall–Kier alpha value is -0.610. The number of likely N-dealkylation sites (tertiary alicyclic amines) is 2. The van der Waals surface area contributed by atoms with Crippen molar-refractivity contribution in [2.75, 3.05) is 32.7 Å². The highest BCUT2D eigenvalue weighted by molar-refractivity contribution is 5.69. The lowest BCUT2D eigenvalue weighted by molar-refractivity contribution is -0.138. The van der Waals surface area contributed by atoms with E-state index in [0.717, 1.165) is 25.9 Å². The molecule has 0 aromatic rings. The third-order valence-electron chi connectivity index (χ3n) is 3.82. The van der Waals surface area contributed by atoms with Gasteiger partial charge in [0.25, 0.3) is 0 Å². The predicted octanol–water partition coefficient (Wildman–Crippen LogP) is 1.02. The van der Waals surface area contributed by atoms with Gasteiger partial charge in [0, 0.05) is 19.1 Å². The summed E-state index contributed by atoms with van der Waals surface area (Å²) in [4.78, 5) is 15.3. The highest BCUT2D eigenvalue weighted by atomic mass is 16.4. The van der Waals surface area contributed by atoms with Crippen LogP contribution in [0.4, 0.5) is 0 Å². The third-order valence-corrected chi connectivity index (χ3v) is 3.82. The largest absolute Gasteiger partial charge is 0.480 e. The predicted molar refractivity (Wildman–Crippen MR) is 62.5 cm³/mol. The maximum atomic E-state index is 10.6. The monoisotopic (exact) mass is 226 g/mol. The summed E-state index contributed by atoms with van der Waals surface area (Å²) in [5.74, 6) is -0.698. The summed E-state index contributed by atoms with van der Waals surface area (Å²) >= 11 is 0. The Morgan fingerprint density at radius 2 is 1.69 bits per heavy atom. The lowest BCUT2D eigenvalue weighted by Crippen LogP contribution is -2.47. The second-order valence-electron chi connectivity index (χ2n) is 5.00. The van der Waals surface area contributed by atoms with E-state index >= 15 is 0 Å². The van der Waals surface area contributed by atoms with E-state index in [0.29, 0.717) is 6.04 Å². The Kier molecular flexibility index (Phi) is 4.18. The van der Waals surface area contributed by atoms with E-state index in [4.69, 9.17) is 5.11 Å². The summed E-state index contributed by atoms with van der Waals surface area (Å²) < 4.78 is 0. The van der Waals surface area contributed by atoms with Crippen LogP contribution >= 0.6 is 0 Å². The molecule has 2 rings (SSSR count). The zero-order valence-electron chi connectivity index (χ0n) is 9.90. The molecule has 16 heavy (non-hydrogen) atoms. The fourth-order valence-electron chi connectivity index (χ4n) is 2.92. The van der Waals surface area contributed by atoms with Gasteiger partial charge in [-0.05, 0) is 38.8 Å². The van der Waals surface area contributed by atoms with E-state index < -0.39 is 5.97 Å². The van der Waals surface area contributed by atoms with E-state index in [1.165, 1.54) is 32.4 Å². The summed E-state index contributed by atoms with van der Waals surface area (Å²) in [5.41, 5.74) is 0. The van der Waals surface area contributed by atoms with Gasteiger partial charge >= 0.3 is 5.97 Å². The number of aliphatic carboxylic acids is 1. The van der Waals surface area contributed by atoms with Gasteiger partial charge < -0.3 is 10.0 Å². The van der Waals surface area contributed by atoms with Gasteiger partial charge in [0.15, 0.2) is 0 Å². The van der Waals surface area contributed by atoms with Gasteiger partial charge in [-0.1, -0.05) is 6.42 Å². The topological polar surface area (TPSA) is 43.8 Å². The molecule has 0 spiro atoms. The molecule has 2 aliphatic rings. The fourth-order valence-corrected chi connectivity index (χ4v) is 2.92. The van der Waals surface area contributed by atoms with Crippen LogP contribution < -0.4 is 0 Å². The average Bonchev–Trinajstić information content (AvgIpc) is 2.30. The van der Waals surface area contributed by atoms with Crippen LogP contribution in [0.5, 0.6) is 0 Å². The first kappa shape index (κ1) is 11.9. The van der Waals surface area contributed by atoms with Crippen molar-refractivity contribution in [3.05, 3.63) is 0 Å². The van der Waals surface area contributed by atoms with Crippen molar-refractivity contribution in [1.82, 2.24) is 9.80 Å². The minimum Gasteiger partial charge on any atom is -0.480 e. The minimum atomic E-state index is -0.698. The van der Waals surface area contributed by atoms with E-state index in [2.05, 4.69) is 9.80 Å². The fraction of sp³-hybridized carbons (Fsp3) is 0.917. The van der Waals surface area contributed by atoms with Gasteiger partial charge in [0.1, 0.15) is 0 Å². The molecule has 92 valence electrons. The number of hydrogen-bond acceptors (Lipinski definition) is 3. The first-order valence-corrected chi connectivity index (χ1v) is 6.44. The molecule has 0 radical (unpaired) electrons. The molecule has 2 heterocycles. The average molecular weight is 226 g/mol. The van der Waals surface area contributed by atoms with E-state index in [9.17, 15) is 4.79 Å². The quantitative estimate of drug-likeness (QED) is 0.780. The molecule has 2 fully saturated rings. The molecule has 4 heteroatoms. The molecule has 0 aromatic carbocycles. The van der Waals surface area contributed by atoms with Gasteiger partial charge in [-0.2, -0.15) is 0 Å². The standard InChI is InChI=1S/C12H22N2O2/c15-12(16)10-13-8-4-11(5-9-13)14-6-2-1-3-7-14/h11H,1-10H2,(H,15,16). The first-order chi connectivity index (χ1) is 7.75. The molecule has 0 saturated carbocycles. The molecule has 0 atom stereocenters. The van der Waals surface area contributed by atoms with E-state index in [1.807, 2.05) is 0 Å². The Balaban J connectivity index is 1.73. The molecule has 0 unspecified atom stereocenters. The summed E-state index contributed by atoms with van der Waals surface area (Å²) in [6, 6.07) is 0.713. The number of hydrogen-bond donors (Lipinski definition) is 1. The van der Waals surface area contributed by atoms with Gasteiger partial charge in [-0.25, -0.2) is 0 Å². The lowest BCUT2D eigenvalue weighted by Gasteiger charge is -2.39. The second kappa shape index (κ2) is 5.64. The Bertz CT molecular complexity index is 231. The van der Waals surface area contributed by atoms with Crippen LogP contribution in [0.1, 0.15) is 32.1 Å². The normalized spacial score (nSPS) is 25.8. The number of carboxylic acids is 1. The van der Waals surface area contributed by atoms with Crippen molar-refractivity contribution in [1.29, 1.82) is 0 Å². The molecule has 0 aromatic heterocycles. The van der Waals surface area contributed by atoms with Crippen LogP contribution in [-0.2, 0) is 4.79 Å². The zero-order chi connectivity index (χ0) is 11.4. The van der Waals surface area contributed by atoms with Crippen LogP contribution in [0.25, 0.3) is 0 Å². The van der Waals surface area contributed by atoms with Crippen LogP contribution in [0, 0.1) is 0 Å². The van der Waals surface area contributed by atoms with Crippen molar-refractivity contribution in [3.8, 4) is 0 Å². The Morgan fingerprint density at radius 1 is 1.06 bits per heavy atom. The molecule has 0 aliphatic carbocycles. The molecular weight excluding hydrogens is 204 g/mol. The van der Waals surface area contributed by atoms with Crippen LogP contribution in [0.15, 0.2) is 0 Å². The molecular formula is C12H22N2O2. The molecule has 2 aliphatic heterocycles. The van der Waals surface area contributed by atoms with E-state index in [1.54, 1.807) is 0 Å². The summed E-state index contributed by atoms with van der Waals surface area (Å²) in [5, 5.41) is 8.73. The highest BCUT2D eigenvalue weighted by Crippen LogP contribution is 2.20. The zero-order valence-corrected chi connectivity index (χ0v) is 9.90. The molecule has 0 amide bonds. The van der Waals surface area contributed by atoms with Gasteiger partial charge in [0.05, 0.1) is 6.54 Å². The molecule has 1 N–H and O–H groups in total. The number of rotatable bonds is 3. The van der Waals surface area contributed by atoms with Crippen molar-refractivity contribution in [2.24, 2.45) is 0 Å². The van der Waals surface area contributed by atoms with Gasteiger partial charge in [0.2, 0.25) is 0 Å². The van der Waals surface area contributed by atoms with Crippen molar-refractivity contribution in [2.45, 2.75) is 38.1 Å². The van der Waals surface area contributed by atoms with Crippen molar-refractivity contribution >= 4 is 5.97 Å². The molecule has 0 bridgehead atoms. The SMILES string of the molecule is O=C(O)CN1CCC(N2CCCCC2)CC1.